The fourth-order valence-electron chi connectivity index (χ4n) is 3.07. The Morgan fingerprint density at radius 1 is 1.25 bits per heavy atom. The Morgan fingerprint density at radius 2 is 2.00 bits per heavy atom. The molecule has 3 unspecified atom stereocenters. The van der Waals surface area contributed by atoms with Crippen LogP contribution in [0.3, 0.4) is 0 Å². The van der Waals surface area contributed by atoms with Crippen molar-refractivity contribution in [3.05, 3.63) is 35.9 Å². The van der Waals surface area contributed by atoms with Gasteiger partial charge in [0.25, 0.3) is 0 Å². The fourth-order valence-corrected chi connectivity index (χ4v) is 3.07. The van der Waals surface area contributed by atoms with E-state index >= 15 is 0 Å². The summed E-state index contributed by atoms with van der Waals surface area (Å²) in [6.45, 7) is 10.6. The van der Waals surface area contributed by atoms with Crippen LogP contribution in [-0.2, 0) is 6.42 Å². The summed E-state index contributed by atoms with van der Waals surface area (Å²) >= 11 is 0. The minimum atomic E-state index is 0.674. The van der Waals surface area contributed by atoms with Crippen LogP contribution in [0.5, 0.6) is 0 Å². The van der Waals surface area contributed by atoms with Crippen LogP contribution in [-0.4, -0.2) is 36.6 Å². The van der Waals surface area contributed by atoms with Crippen LogP contribution < -0.4 is 5.32 Å². The molecule has 20 heavy (non-hydrogen) atoms. The standard InChI is InChI=1S/C18H30N2/c1-4-15(2)18-14-20(13-12-19-18)16(3)10-11-17-8-6-5-7-9-17/h5-9,15-16,18-19H,4,10-14H2,1-3H3. The van der Waals surface area contributed by atoms with Crippen LogP contribution in [0.4, 0.5) is 0 Å². The largest absolute Gasteiger partial charge is 0.311 e. The van der Waals surface area contributed by atoms with E-state index in [0.717, 1.165) is 12.5 Å². The number of aryl methyl sites for hydroxylation is 1. The highest BCUT2D eigenvalue weighted by molar-refractivity contribution is 5.14. The molecule has 0 radical (unpaired) electrons. The zero-order valence-corrected chi connectivity index (χ0v) is 13.3. The Morgan fingerprint density at radius 3 is 2.70 bits per heavy atom. The summed E-state index contributed by atoms with van der Waals surface area (Å²) < 4.78 is 0. The Labute approximate surface area is 124 Å². The van der Waals surface area contributed by atoms with Gasteiger partial charge in [-0.15, -0.1) is 0 Å². The van der Waals surface area contributed by atoms with Crippen molar-refractivity contribution in [3.63, 3.8) is 0 Å². The predicted molar refractivity (Wildman–Crippen MR) is 87.0 cm³/mol. The first-order valence-electron chi connectivity index (χ1n) is 8.22. The number of hydrogen-bond donors (Lipinski definition) is 1. The third-order valence-corrected chi connectivity index (χ3v) is 4.88. The molecule has 0 amide bonds. The number of piperazine rings is 1. The molecule has 1 aromatic carbocycles. The molecule has 1 saturated heterocycles. The molecule has 2 heteroatoms. The summed E-state index contributed by atoms with van der Waals surface area (Å²) in [7, 11) is 0. The molecule has 112 valence electrons. The lowest BCUT2D eigenvalue weighted by Crippen LogP contribution is -2.55. The molecule has 1 aliphatic rings. The maximum absolute atomic E-state index is 3.69. The van der Waals surface area contributed by atoms with E-state index in [4.69, 9.17) is 0 Å². The van der Waals surface area contributed by atoms with Crippen LogP contribution in [0.2, 0.25) is 0 Å². The average molecular weight is 274 g/mol. The number of hydrogen-bond acceptors (Lipinski definition) is 2. The molecule has 1 aliphatic heterocycles. The van der Waals surface area contributed by atoms with E-state index in [9.17, 15) is 0 Å². The molecule has 1 aromatic rings. The molecule has 3 atom stereocenters. The van der Waals surface area contributed by atoms with Crippen molar-refractivity contribution in [3.8, 4) is 0 Å². The third kappa shape index (κ3) is 4.32. The maximum atomic E-state index is 3.69. The van der Waals surface area contributed by atoms with Crippen LogP contribution in [0, 0.1) is 5.92 Å². The fraction of sp³-hybridized carbons (Fsp3) is 0.667. The van der Waals surface area contributed by atoms with Crippen molar-refractivity contribution < 1.29 is 0 Å². The van der Waals surface area contributed by atoms with Gasteiger partial charge in [-0.05, 0) is 31.2 Å². The van der Waals surface area contributed by atoms with Crippen molar-refractivity contribution in [1.29, 1.82) is 0 Å². The summed E-state index contributed by atoms with van der Waals surface area (Å²) in [5, 5.41) is 3.69. The molecule has 0 saturated carbocycles. The third-order valence-electron chi connectivity index (χ3n) is 4.88. The van der Waals surface area contributed by atoms with Gasteiger partial charge in [-0.2, -0.15) is 0 Å². The second kappa shape index (κ2) is 7.80. The van der Waals surface area contributed by atoms with Crippen LogP contribution in [0.25, 0.3) is 0 Å². The van der Waals surface area contributed by atoms with Gasteiger partial charge < -0.3 is 5.32 Å². The Bertz CT molecular complexity index is 376. The molecule has 1 fully saturated rings. The Kier molecular flexibility index (Phi) is 6.06. The molecule has 1 heterocycles. The molecule has 0 aliphatic carbocycles. The minimum absolute atomic E-state index is 0.674. The molecule has 2 rings (SSSR count). The van der Waals surface area contributed by atoms with Gasteiger partial charge in [-0.25, -0.2) is 0 Å². The molecule has 1 N–H and O–H groups in total. The zero-order chi connectivity index (χ0) is 14.4. The van der Waals surface area contributed by atoms with E-state index in [-0.39, 0.29) is 0 Å². The smallest absolute Gasteiger partial charge is 0.0221 e. The van der Waals surface area contributed by atoms with Crippen LogP contribution in [0.15, 0.2) is 30.3 Å². The average Bonchev–Trinajstić information content (AvgIpc) is 2.53. The van der Waals surface area contributed by atoms with Gasteiger partial charge in [0, 0.05) is 31.7 Å². The van der Waals surface area contributed by atoms with E-state index in [2.05, 4.69) is 61.3 Å². The first-order chi connectivity index (χ1) is 9.70. The van der Waals surface area contributed by atoms with E-state index in [0.29, 0.717) is 12.1 Å². The normalized spacial score (nSPS) is 23.4. The lowest BCUT2D eigenvalue weighted by molar-refractivity contribution is 0.125. The molecule has 0 aromatic heterocycles. The lowest BCUT2D eigenvalue weighted by atomic mass is 9.96. The first kappa shape index (κ1) is 15.5. The van der Waals surface area contributed by atoms with Crippen LogP contribution >= 0.6 is 0 Å². The van der Waals surface area contributed by atoms with Gasteiger partial charge in [-0.1, -0.05) is 50.6 Å². The molecular weight excluding hydrogens is 244 g/mol. The monoisotopic (exact) mass is 274 g/mol. The minimum Gasteiger partial charge on any atom is -0.311 e. The summed E-state index contributed by atoms with van der Waals surface area (Å²) in [5.41, 5.74) is 1.47. The van der Waals surface area contributed by atoms with Gasteiger partial charge in [0.1, 0.15) is 0 Å². The highest BCUT2D eigenvalue weighted by atomic mass is 15.2. The Hall–Kier alpha value is -0.860. The second-order valence-corrected chi connectivity index (χ2v) is 6.31. The number of nitrogens with zero attached hydrogens (tertiary/aromatic N) is 1. The first-order valence-corrected chi connectivity index (χ1v) is 8.22. The topological polar surface area (TPSA) is 15.3 Å². The van der Waals surface area contributed by atoms with Crippen molar-refractivity contribution in [2.24, 2.45) is 5.92 Å². The van der Waals surface area contributed by atoms with Crippen molar-refractivity contribution >= 4 is 0 Å². The van der Waals surface area contributed by atoms with Crippen LogP contribution in [0.1, 0.15) is 39.2 Å². The van der Waals surface area contributed by atoms with E-state index in [1.807, 2.05) is 0 Å². The maximum Gasteiger partial charge on any atom is 0.0221 e. The second-order valence-electron chi connectivity index (χ2n) is 6.31. The molecular formula is C18H30N2. The molecule has 0 spiro atoms. The number of rotatable bonds is 6. The summed E-state index contributed by atoms with van der Waals surface area (Å²) in [6, 6.07) is 12.2. The summed E-state index contributed by atoms with van der Waals surface area (Å²) in [5.74, 6) is 0.777. The predicted octanol–water partition coefficient (Wildman–Crippen LogP) is 3.33. The van der Waals surface area contributed by atoms with E-state index < -0.39 is 0 Å². The SMILES string of the molecule is CCC(C)C1CN(C(C)CCc2ccccc2)CCN1. The van der Waals surface area contributed by atoms with Crippen molar-refractivity contribution in [2.45, 2.75) is 52.1 Å². The highest BCUT2D eigenvalue weighted by Crippen LogP contribution is 2.16. The summed E-state index contributed by atoms with van der Waals surface area (Å²) in [6.07, 6.45) is 3.72. The van der Waals surface area contributed by atoms with Crippen molar-refractivity contribution in [2.75, 3.05) is 19.6 Å². The van der Waals surface area contributed by atoms with E-state index in [1.165, 1.54) is 37.9 Å². The van der Waals surface area contributed by atoms with Gasteiger partial charge in [0.15, 0.2) is 0 Å². The zero-order valence-electron chi connectivity index (χ0n) is 13.3. The Balaban J connectivity index is 1.81. The molecule has 2 nitrogen and oxygen atoms in total. The van der Waals surface area contributed by atoms with Gasteiger partial charge in [-0.3, -0.25) is 4.90 Å². The van der Waals surface area contributed by atoms with Crippen molar-refractivity contribution in [1.82, 2.24) is 10.2 Å². The van der Waals surface area contributed by atoms with Gasteiger partial charge >= 0.3 is 0 Å². The number of nitrogens with one attached hydrogen (secondary N) is 1. The van der Waals surface area contributed by atoms with Gasteiger partial charge in [0.2, 0.25) is 0 Å². The summed E-state index contributed by atoms with van der Waals surface area (Å²) in [4.78, 5) is 2.68. The highest BCUT2D eigenvalue weighted by Gasteiger charge is 2.25. The van der Waals surface area contributed by atoms with Gasteiger partial charge in [0.05, 0.1) is 0 Å². The van der Waals surface area contributed by atoms with E-state index in [1.54, 1.807) is 0 Å². The quantitative estimate of drug-likeness (QED) is 0.856. The molecule has 0 bridgehead atoms. The number of benzene rings is 1. The lowest BCUT2D eigenvalue weighted by Gasteiger charge is -2.39.